The monoisotopic (exact) mass is 459 g/mol. The maximum absolute atomic E-state index is 3.82. The molecule has 1 nitrogen and oxygen atoms in total. The molecule has 2 aromatic rings. The summed E-state index contributed by atoms with van der Waals surface area (Å²) in [6, 6.07) is 9.09. The van der Waals surface area contributed by atoms with E-state index in [0.29, 0.717) is 10.8 Å². The van der Waals surface area contributed by atoms with E-state index in [9.17, 15) is 0 Å². The summed E-state index contributed by atoms with van der Waals surface area (Å²) in [5, 5.41) is 1.51. The van der Waals surface area contributed by atoms with Gasteiger partial charge in [0.15, 0.2) is 0 Å². The van der Waals surface area contributed by atoms with Gasteiger partial charge in [0, 0.05) is 16.6 Å². The van der Waals surface area contributed by atoms with Crippen LogP contribution in [0.3, 0.4) is 0 Å². The second-order valence-corrected chi connectivity index (χ2v) is 14.2. The van der Waals surface area contributed by atoms with Crippen molar-refractivity contribution >= 4 is 10.9 Å². The van der Waals surface area contributed by atoms with E-state index >= 15 is 0 Å². The quantitative estimate of drug-likeness (QED) is 0.458. The number of para-hydroxylation sites is 1. The van der Waals surface area contributed by atoms with Gasteiger partial charge < -0.3 is 4.98 Å². The van der Waals surface area contributed by atoms with E-state index in [1.54, 1.807) is 11.3 Å². The lowest BCUT2D eigenvalue weighted by atomic mass is 9.44. The lowest BCUT2D eigenvalue weighted by Gasteiger charge is -2.60. The van der Waals surface area contributed by atoms with Crippen LogP contribution in [0.25, 0.3) is 10.9 Å². The molecule has 34 heavy (non-hydrogen) atoms. The van der Waals surface area contributed by atoms with Crippen molar-refractivity contribution in [2.45, 2.75) is 105 Å². The van der Waals surface area contributed by atoms with Crippen molar-refractivity contribution in [1.82, 2.24) is 4.98 Å². The molecule has 1 aromatic heterocycles. The zero-order valence-corrected chi connectivity index (χ0v) is 22.6. The van der Waals surface area contributed by atoms with Gasteiger partial charge in [-0.2, -0.15) is 0 Å². The normalized spacial score (nSPS) is 40.0. The Morgan fingerprint density at radius 3 is 2.53 bits per heavy atom. The van der Waals surface area contributed by atoms with Crippen molar-refractivity contribution in [3.8, 4) is 0 Å². The van der Waals surface area contributed by atoms with Gasteiger partial charge in [0.25, 0.3) is 0 Å². The first-order valence-electron chi connectivity index (χ1n) is 14.9. The Balaban J connectivity index is 1.24. The highest BCUT2D eigenvalue weighted by Crippen LogP contribution is 2.68. The van der Waals surface area contributed by atoms with Gasteiger partial charge in [-0.1, -0.05) is 72.1 Å². The van der Waals surface area contributed by atoms with E-state index < -0.39 is 0 Å². The Hall–Kier alpha value is -1.24. The van der Waals surface area contributed by atoms with Crippen molar-refractivity contribution < 1.29 is 0 Å². The molecule has 0 saturated heterocycles. The first kappa shape index (κ1) is 23.2. The third-order valence-corrected chi connectivity index (χ3v) is 12.2. The summed E-state index contributed by atoms with van der Waals surface area (Å²) in [4.78, 5) is 3.82. The Bertz CT molecular complexity index is 1030. The van der Waals surface area contributed by atoms with Crippen LogP contribution in [0.5, 0.6) is 0 Å². The number of fused-ring (bicyclic) bond motifs is 8. The molecule has 0 spiro atoms. The Morgan fingerprint density at radius 1 is 0.912 bits per heavy atom. The number of benzene rings is 1. The standard InChI is InChI=1S/C33H49N/c1-21(2)9-8-10-22(3)27-15-16-28-25-14-13-23-19-31-26(24-11-6-7-12-30(24)34-31)20-33(23,5)29(25)17-18-32(27,28)4/h6-7,11-12,21-23,25,27-29,34H,8-10,13-20H2,1-5H3/t22-,23+,25-,27-,28+,29-,32-,33+/m1/s1. The largest absolute Gasteiger partial charge is 0.358 e. The molecule has 3 fully saturated rings. The van der Waals surface area contributed by atoms with Crippen molar-refractivity contribution in [2.75, 3.05) is 0 Å². The minimum absolute atomic E-state index is 0.503. The molecule has 4 aliphatic rings. The van der Waals surface area contributed by atoms with Crippen molar-refractivity contribution in [2.24, 2.45) is 52.3 Å². The molecule has 186 valence electrons. The highest BCUT2D eigenvalue weighted by molar-refractivity contribution is 5.85. The number of hydrogen-bond donors (Lipinski definition) is 1. The maximum atomic E-state index is 3.82. The van der Waals surface area contributed by atoms with Gasteiger partial charge in [-0.25, -0.2) is 0 Å². The number of aromatic nitrogens is 1. The first-order valence-corrected chi connectivity index (χ1v) is 14.9. The van der Waals surface area contributed by atoms with Crippen molar-refractivity contribution in [1.29, 1.82) is 0 Å². The van der Waals surface area contributed by atoms with E-state index in [1.165, 1.54) is 81.5 Å². The maximum Gasteiger partial charge on any atom is 0.0458 e. The molecular weight excluding hydrogens is 410 g/mol. The molecule has 0 amide bonds. The molecule has 0 aliphatic heterocycles. The topological polar surface area (TPSA) is 15.8 Å². The average Bonchev–Trinajstić information content (AvgIpc) is 3.34. The van der Waals surface area contributed by atoms with Crippen LogP contribution in [-0.4, -0.2) is 4.98 Å². The summed E-state index contributed by atoms with van der Waals surface area (Å²) < 4.78 is 0. The molecule has 0 radical (unpaired) electrons. The van der Waals surface area contributed by atoms with Crippen LogP contribution in [0, 0.1) is 52.3 Å². The van der Waals surface area contributed by atoms with Gasteiger partial charge in [-0.3, -0.25) is 0 Å². The number of aromatic amines is 1. The van der Waals surface area contributed by atoms with E-state index in [0.717, 1.165) is 41.4 Å². The molecule has 1 heteroatoms. The van der Waals surface area contributed by atoms with Crippen LogP contribution in [0.15, 0.2) is 24.3 Å². The molecular formula is C33H49N. The lowest BCUT2D eigenvalue weighted by molar-refractivity contribution is -0.103. The molecule has 6 rings (SSSR count). The van der Waals surface area contributed by atoms with Gasteiger partial charge in [-0.15, -0.1) is 0 Å². The van der Waals surface area contributed by atoms with E-state index in [-0.39, 0.29) is 0 Å². The summed E-state index contributed by atoms with van der Waals surface area (Å²) in [6.45, 7) is 12.9. The molecule has 1 aromatic carbocycles. The highest BCUT2D eigenvalue weighted by atomic mass is 14.8. The molecule has 0 unspecified atom stereocenters. The summed E-state index contributed by atoms with van der Waals surface area (Å²) in [7, 11) is 0. The molecule has 4 aliphatic carbocycles. The van der Waals surface area contributed by atoms with Gasteiger partial charge in [0.2, 0.25) is 0 Å². The fourth-order valence-electron chi connectivity index (χ4n) is 10.4. The van der Waals surface area contributed by atoms with Crippen molar-refractivity contribution in [3.05, 3.63) is 35.5 Å². The molecule has 1 N–H and O–H groups in total. The number of hydrogen-bond acceptors (Lipinski definition) is 0. The van der Waals surface area contributed by atoms with Crippen LogP contribution in [-0.2, 0) is 12.8 Å². The minimum atomic E-state index is 0.503. The Morgan fingerprint density at radius 2 is 1.71 bits per heavy atom. The minimum Gasteiger partial charge on any atom is -0.358 e. The fourth-order valence-corrected chi connectivity index (χ4v) is 10.4. The van der Waals surface area contributed by atoms with Crippen LogP contribution >= 0.6 is 0 Å². The van der Waals surface area contributed by atoms with Crippen molar-refractivity contribution in [3.63, 3.8) is 0 Å². The van der Waals surface area contributed by atoms with Gasteiger partial charge >= 0.3 is 0 Å². The van der Waals surface area contributed by atoms with E-state index in [2.05, 4.69) is 63.9 Å². The number of nitrogens with one attached hydrogen (secondary N) is 1. The first-order chi connectivity index (χ1) is 16.3. The molecule has 3 saturated carbocycles. The molecule has 1 heterocycles. The highest BCUT2D eigenvalue weighted by Gasteiger charge is 2.60. The van der Waals surface area contributed by atoms with Crippen LogP contribution in [0.2, 0.25) is 0 Å². The lowest BCUT2D eigenvalue weighted by Crippen LogP contribution is -2.54. The smallest absolute Gasteiger partial charge is 0.0458 e. The average molecular weight is 460 g/mol. The van der Waals surface area contributed by atoms with Crippen LogP contribution < -0.4 is 0 Å². The predicted octanol–water partition coefficient (Wildman–Crippen LogP) is 9.20. The summed E-state index contributed by atoms with van der Waals surface area (Å²) in [6.07, 6.45) is 15.9. The predicted molar refractivity (Wildman–Crippen MR) is 145 cm³/mol. The number of rotatable bonds is 5. The van der Waals surface area contributed by atoms with E-state index in [4.69, 9.17) is 0 Å². The van der Waals surface area contributed by atoms with E-state index in [1.807, 2.05) is 0 Å². The second-order valence-electron chi connectivity index (χ2n) is 14.2. The Kier molecular flexibility index (Phi) is 5.74. The summed E-state index contributed by atoms with van der Waals surface area (Å²) in [5.41, 5.74) is 5.73. The second kappa shape index (κ2) is 8.41. The zero-order valence-electron chi connectivity index (χ0n) is 22.6. The zero-order chi connectivity index (χ0) is 23.7. The SMILES string of the molecule is CC(C)CCC[C@@H](C)[C@H]1CC[C@H]2[C@H]3CC[C@H]4Cc5[nH]c6ccccc6c5C[C@]4(C)[C@@H]3CC[C@]12C. The number of H-pyrrole nitrogens is 1. The molecule has 0 bridgehead atoms. The summed E-state index contributed by atoms with van der Waals surface area (Å²) >= 11 is 0. The summed E-state index contributed by atoms with van der Waals surface area (Å²) in [5.74, 6) is 6.56. The van der Waals surface area contributed by atoms with Gasteiger partial charge in [-0.05, 0) is 115 Å². The Labute approximate surface area is 208 Å². The van der Waals surface area contributed by atoms with Gasteiger partial charge in [0.1, 0.15) is 0 Å². The molecule has 8 atom stereocenters. The fraction of sp³-hybridized carbons (Fsp3) is 0.758. The van der Waals surface area contributed by atoms with Gasteiger partial charge in [0.05, 0.1) is 0 Å². The third-order valence-electron chi connectivity index (χ3n) is 12.2. The van der Waals surface area contributed by atoms with Crippen LogP contribution in [0.4, 0.5) is 0 Å². The van der Waals surface area contributed by atoms with Crippen LogP contribution in [0.1, 0.15) is 104 Å². The third kappa shape index (κ3) is 3.46.